The minimum atomic E-state index is -0.333. The van der Waals surface area contributed by atoms with Gasteiger partial charge in [0.25, 0.3) is 0 Å². The van der Waals surface area contributed by atoms with E-state index in [1.165, 1.54) is 0 Å². The fourth-order valence-corrected chi connectivity index (χ4v) is 2.54. The highest BCUT2D eigenvalue weighted by molar-refractivity contribution is 5.54. The number of nitrogen functional groups attached to an aromatic ring is 1. The van der Waals surface area contributed by atoms with Gasteiger partial charge in [-0.05, 0) is 45.7 Å². The molecular formula is C15H25N3O2. The molecule has 5 heteroatoms. The van der Waals surface area contributed by atoms with Crippen LogP contribution in [0.3, 0.4) is 0 Å². The number of nitrogens with one attached hydrogen (secondary N) is 1. The normalized spacial score (nSPS) is 22.8. The molecule has 1 saturated carbocycles. The average molecular weight is 279 g/mol. The van der Waals surface area contributed by atoms with Crippen LogP contribution in [0.1, 0.15) is 40.0 Å². The van der Waals surface area contributed by atoms with Crippen molar-refractivity contribution in [2.24, 2.45) is 5.92 Å². The molecule has 2 atom stereocenters. The highest BCUT2D eigenvalue weighted by atomic mass is 16.5. The molecule has 0 aromatic carbocycles. The van der Waals surface area contributed by atoms with Crippen LogP contribution in [0.25, 0.3) is 0 Å². The summed E-state index contributed by atoms with van der Waals surface area (Å²) in [5.41, 5.74) is 6.11. The number of aromatic nitrogens is 1. The first-order chi connectivity index (χ1) is 9.39. The molecule has 4 N–H and O–H groups in total. The minimum absolute atomic E-state index is 0.220. The number of aliphatic hydroxyl groups is 1. The van der Waals surface area contributed by atoms with E-state index in [2.05, 4.69) is 10.3 Å². The van der Waals surface area contributed by atoms with E-state index >= 15 is 0 Å². The van der Waals surface area contributed by atoms with Crippen LogP contribution in [-0.2, 0) is 0 Å². The Morgan fingerprint density at radius 2 is 2.15 bits per heavy atom. The smallest absolute Gasteiger partial charge is 0.239 e. The predicted molar refractivity (Wildman–Crippen MR) is 80.9 cm³/mol. The lowest BCUT2D eigenvalue weighted by Crippen LogP contribution is -2.27. The molecular weight excluding hydrogens is 254 g/mol. The van der Waals surface area contributed by atoms with E-state index in [1.54, 1.807) is 6.07 Å². The summed E-state index contributed by atoms with van der Waals surface area (Å²) in [6.07, 6.45) is 3.27. The number of aliphatic hydroxyl groups excluding tert-OH is 1. The van der Waals surface area contributed by atoms with E-state index in [-0.39, 0.29) is 18.2 Å². The summed E-state index contributed by atoms with van der Waals surface area (Å²) < 4.78 is 5.77. The van der Waals surface area contributed by atoms with Gasteiger partial charge in [-0.3, -0.25) is 0 Å². The fourth-order valence-electron chi connectivity index (χ4n) is 2.54. The fraction of sp³-hybridized carbons (Fsp3) is 0.667. The third-order valence-corrected chi connectivity index (χ3v) is 3.52. The van der Waals surface area contributed by atoms with E-state index in [4.69, 9.17) is 10.5 Å². The van der Waals surface area contributed by atoms with Gasteiger partial charge >= 0.3 is 0 Å². The second kappa shape index (κ2) is 5.87. The van der Waals surface area contributed by atoms with Gasteiger partial charge in [0.15, 0.2) is 0 Å². The lowest BCUT2D eigenvalue weighted by atomic mass is 10.1. The summed E-state index contributed by atoms with van der Waals surface area (Å²) in [5, 5.41) is 12.7. The van der Waals surface area contributed by atoms with Gasteiger partial charge in [0.1, 0.15) is 11.4 Å². The standard InChI is InChI=1S/C15H25N3O2/c1-15(2,3)20-14-11(16)7-8-13(18-14)17-12-6-4-5-10(12)9-19/h7-8,10,12,19H,4-6,9,16H2,1-3H3,(H,17,18). The Morgan fingerprint density at radius 1 is 1.40 bits per heavy atom. The Hall–Kier alpha value is -1.49. The van der Waals surface area contributed by atoms with E-state index in [1.807, 2.05) is 26.8 Å². The van der Waals surface area contributed by atoms with Crippen LogP contribution < -0.4 is 15.8 Å². The molecule has 2 rings (SSSR count). The molecule has 1 aliphatic carbocycles. The van der Waals surface area contributed by atoms with Crippen molar-refractivity contribution in [2.45, 2.75) is 51.7 Å². The van der Waals surface area contributed by atoms with Crippen molar-refractivity contribution in [2.75, 3.05) is 17.7 Å². The molecule has 0 bridgehead atoms. The number of hydrogen-bond donors (Lipinski definition) is 3. The van der Waals surface area contributed by atoms with Gasteiger partial charge < -0.3 is 20.9 Å². The minimum Gasteiger partial charge on any atom is -0.470 e. The molecule has 0 spiro atoms. The Balaban J connectivity index is 2.11. The van der Waals surface area contributed by atoms with Gasteiger partial charge in [-0.2, -0.15) is 4.98 Å². The molecule has 1 fully saturated rings. The molecule has 1 aromatic heterocycles. The number of anilines is 2. The second-order valence-corrected chi connectivity index (χ2v) is 6.43. The maximum absolute atomic E-state index is 9.36. The number of ether oxygens (including phenoxy) is 1. The summed E-state index contributed by atoms with van der Waals surface area (Å²) in [6, 6.07) is 3.94. The van der Waals surface area contributed by atoms with E-state index in [0.717, 1.165) is 25.1 Å². The molecule has 5 nitrogen and oxygen atoms in total. The summed E-state index contributed by atoms with van der Waals surface area (Å²) in [7, 11) is 0. The summed E-state index contributed by atoms with van der Waals surface area (Å²) >= 11 is 0. The number of hydrogen-bond acceptors (Lipinski definition) is 5. The predicted octanol–water partition coefficient (Wildman–Crippen LogP) is 2.41. The van der Waals surface area contributed by atoms with E-state index in [9.17, 15) is 5.11 Å². The molecule has 1 aromatic rings. The maximum atomic E-state index is 9.36. The molecule has 20 heavy (non-hydrogen) atoms. The van der Waals surface area contributed by atoms with Crippen molar-refractivity contribution in [1.29, 1.82) is 0 Å². The van der Waals surface area contributed by atoms with Gasteiger partial charge in [0.05, 0.1) is 5.69 Å². The number of nitrogens with zero attached hydrogens (tertiary/aromatic N) is 1. The second-order valence-electron chi connectivity index (χ2n) is 6.43. The van der Waals surface area contributed by atoms with Crippen LogP contribution in [0.4, 0.5) is 11.5 Å². The SMILES string of the molecule is CC(C)(C)Oc1nc(NC2CCCC2CO)ccc1N. The number of pyridine rings is 1. The van der Waals surface area contributed by atoms with E-state index < -0.39 is 0 Å². The largest absolute Gasteiger partial charge is 0.470 e. The summed E-state index contributed by atoms with van der Waals surface area (Å²) in [4.78, 5) is 4.45. The summed E-state index contributed by atoms with van der Waals surface area (Å²) in [6.45, 7) is 6.12. The highest BCUT2D eigenvalue weighted by Gasteiger charge is 2.27. The highest BCUT2D eigenvalue weighted by Crippen LogP contribution is 2.30. The van der Waals surface area contributed by atoms with E-state index in [0.29, 0.717) is 17.5 Å². The Labute approximate surface area is 120 Å². The van der Waals surface area contributed by atoms with Crippen LogP contribution in [-0.4, -0.2) is 28.3 Å². The van der Waals surface area contributed by atoms with Crippen LogP contribution in [0.15, 0.2) is 12.1 Å². The van der Waals surface area contributed by atoms with Crippen LogP contribution in [0, 0.1) is 5.92 Å². The zero-order valence-corrected chi connectivity index (χ0v) is 12.5. The molecule has 1 heterocycles. The molecule has 0 aliphatic heterocycles. The lowest BCUT2D eigenvalue weighted by Gasteiger charge is -2.23. The van der Waals surface area contributed by atoms with Crippen LogP contribution >= 0.6 is 0 Å². The molecule has 1 aliphatic rings. The van der Waals surface area contributed by atoms with Gasteiger partial charge in [0.2, 0.25) is 5.88 Å². The zero-order chi connectivity index (χ0) is 14.8. The third-order valence-electron chi connectivity index (χ3n) is 3.52. The molecule has 2 unspecified atom stereocenters. The van der Waals surface area contributed by atoms with Crippen LogP contribution in [0.2, 0.25) is 0 Å². The maximum Gasteiger partial charge on any atom is 0.239 e. The number of nitrogens with two attached hydrogens (primary N) is 1. The van der Waals surface area contributed by atoms with Crippen molar-refractivity contribution in [3.05, 3.63) is 12.1 Å². The number of rotatable bonds is 4. The monoisotopic (exact) mass is 279 g/mol. The van der Waals surface area contributed by atoms with Crippen molar-refractivity contribution in [3.8, 4) is 5.88 Å². The first kappa shape index (κ1) is 14.9. The molecule has 0 radical (unpaired) electrons. The zero-order valence-electron chi connectivity index (χ0n) is 12.5. The van der Waals surface area contributed by atoms with Gasteiger partial charge in [0, 0.05) is 18.6 Å². The quantitative estimate of drug-likeness (QED) is 0.788. The van der Waals surface area contributed by atoms with Gasteiger partial charge in [-0.1, -0.05) is 6.42 Å². The lowest BCUT2D eigenvalue weighted by molar-refractivity contribution is 0.125. The topological polar surface area (TPSA) is 80.4 Å². The third kappa shape index (κ3) is 3.76. The Morgan fingerprint density at radius 3 is 2.80 bits per heavy atom. The molecule has 112 valence electrons. The van der Waals surface area contributed by atoms with Gasteiger partial charge in [-0.15, -0.1) is 0 Å². The van der Waals surface area contributed by atoms with Crippen molar-refractivity contribution >= 4 is 11.5 Å². The first-order valence-corrected chi connectivity index (χ1v) is 7.22. The summed E-state index contributed by atoms with van der Waals surface area (Å²) in [5.74, 6) is 1.52. The average Bonchev–Trinajstić information content (AvgIpc) is 2.79. The first-order valence-electron chi connectivity index (χ1n) is 7.22. The van der Waals surface area contributed by atoms with Crippen LogP contribution in [0.5, 0.6) is 5.88 Å². The molecule has 0 saturated heterocycles. The van der Waals surface area contributed by atoms with Crippen molar-refractivity contribution in [1.82, 2.24) is 4.98 Å². The van der Waals surface area contributed by atoms with Crippen molar-refractivity contribution in [3.63, 3.8) is 0 Å². The Bertz CT molecular complexity index is 457. The molecule has 0 amide bonds. The Kier molecular flexibility index (Phi) is 4.38. The van der Waals surface area contributed by atoms with Crippen molar-refractivity contribution < 1.29 is 9.84 Å². The van der Waals surface area contributed by atoms with Gasteiger partial charge in [-0.25, -0.2) is 0 Å².